The average molecular weight is 660 g/mol. The van der Waals surface area contributed by atoms with Crippen LogP contribution in [0.5, 0.6) is 0 Å². The molecule has 0 amide bonds. The fourth-order valence-corrected chi connectivity index (χ4v) is 5.20. The number of rotatable bonds is 7. The number of benzene rings is 3. The Morgan fingerprint density at radius 1 is 0.689 bits per heavy atom. The minimum Gasteiger partial charge on any atom is -0.412 e. The Morgan fingerprint density at radius 2 is 1.04 bits per heavy atom. The van der Waals surface area contributed by atoms with E-state index < -0.39 is 20.2 Å². The van der Waals surface area contributed by atoms with Gasteiger partial charge in [0.25, 0.3) is 20.2 Å². The highest BCUT2D eigenvalue weighted by atomic mass is 32.2. The summed E-state index contributed by atoms with van der Waals surface area (Å²) < 4.78 is 51.7. The highest BCUT2D eigenvalue weighted by Crippen LogP contribution is 2.42. The number of nitrogens with zero attached hydrogens (tertiary/aromatic N) is 4. The molecule has 0 unspecified atom stereocenters. The minimum atomic E-state index is -3.67. The van der Waals surface area contributed by atoms with Crippen LogP contribution in [-0.2, 0) is 25.7 Å². The van der Waals surface area contributed by atoms with Gasteiger partial charge < -0.3 is 16.1 Å². The number of hydrogen-bond acceptors (Lipinski definition) is 9. The van der Waals surface area contributed by atoms with Gasteiger partial charge in [0.2, 0.25) is 0 Å². The quantitative estimate of drug-likeness (QED) is 0.195. The molecule has 1 aliphatic rings. The third-order valence-corrected chi connectivity index (χ3v) is 6.98. The first-order valence-electron chi connectivity index (χ1n) is 13.8. The van der Waals surface area contributed by atoms with Crippen LogP contribution >= 0.6 is 0 Å². The highest BCUT2D eigenvalue weighted by molar-refractivity contribution is 7.85. The van der Waals surface area contributed by atoms with Crippen LogP contribution in [-0.4, -0.2) is 91.5 Å². The molecule has 12 nitrogen and oxygen atoms in total. The van der Waals surface area contributed by atoms with Crippen molar-refractivity contribution < 1.29 is 31.4 Å². The summed E-state index contributed by atoms with van der Waals surface area (Å²) in [4.78, 5) is 13.5. The molecule has 0 radical (unpaired) electrons. The standard InChI is InChI=1S/C29H31N5.2CH4O3S.H2O/c30-27-28(32-18-17-31-27)34-22-20-33(21-23-34)19-16-29(24-10-4-1-5-11-24,25-12-6-2-7-13-25)26-14-8-3-9-15-26;2*1-5(2,3)4;/h1-15,17-18H,16,19-23H2,(H2,30,31);2*1H3,(H,2,3,4);1H2. The molecule has 1 saturated heterocycles. The molecule has 1 aromatic heterocycles. The summed E-state index contributed by atoms with van der Waals surface area (Å²) in [6.45, 7) is 4.76. The number of nitrogen functional groups attached to an aromatic ring is 1. The maximum absolute atomic E-state index is 9.19. The first-order chi connectivity index (χ1) is 20.8. The zero-order valence-corrected chi connectivity index (χ0v) is 26.9. The van der Waals surface area contributed by atoms with Gasteiger partial charge in [0.05, 0.1) is 12.5 Å². The van der Waals surface area contributed by atoms with Crippen molar-refractivity contribution in [3.63, 3.8) is 0 Å². The van der Waals surface area contributed by atoms with E-state index in [-0.39, 0.29) is 10.9 Å². The van der Waals surface area contributed by atoms with Gasteiger partial charge in [-0.15, -0.1) is 0 Å². The van der Waals surface area contributed by atoms with E-state index in [0.717, 1.165) is 45.0 Å². The number of nitrogens with two attached hydrogens (primary N) is 1. The van der Waals surface area contributed by atoms with Gasteiger partial charge in [-0.1, -0.05) is 91.0 Å². The van der Waals surface area contributed by atoms with Gasteiger partial charge in [-0.25, -0.2) is 9.97 Å². The zero-order chi connectivity index (χ0) is 32.2. The van der Waals surface area contributed by atoms with E-state index in [0.29, 0.717) is 18.3 Å². The summed E-state index contributed by atoms with van der Waals surface area (Å²) in [6, 6.07) is 32.8. The Morgan fingerprint density at radius 3 is 1.40 bits per heavy atom. The van der Waals surface area contributed by atoms with Crippen LogP contribution in [0.15, 0.2) is 103 Å². The monoisotopic (exact) mass is 659 g/mol. The molecule has 14 heteroatoms. The number of hydrogen-bond donors (Lipinski definition) is 3. The summed E-state index contributed by atoms with van der Waals surface area (Å²) in [5.41, 5.74) is 9.85. The van der Waals surface area contributed by atoms with Crippen molar-refractivity contribution in [2.24, 2.45) is 0 Å². The van der Waals surface area contributed by atoms with Gasteiger partial charge in [0.15, 0.2) is 11.6 Å². The SMILES string of the molecule is CS(=O)(=O)O.CS(=O)(=O)O.Nc1nccnc1N1CCN(CCC(c2ccccc2)(c2ccccc2)c2ccccc2)CC1.O. The van der Waals surface area contributed by atoms with Crippen molar-refractivity contribution >= 4 is 31.9 Å². The van der Waals surface area contributed by atoms with E-state index in [1.54, 1.807) is 12.4 Å². The molecule has 0 spiro atoms. The lowest BCUT2D eigenvalue weighted by atomic mass is 9.67. The highest BCUT2D eigenvalue weighted by Gasteiger charge is 2.36. The molecule has 4 aromatic rings. The molecular formula is C31H41N5O7S2. The lowest BCUT2D eigenvalue weighted by Gasteiger charge is -2.40. The first kappa shape index (κ1) is 37.3. The van der Waals surface area contributed by atoms with Crippen LogP contribution in [0, 0.1) is 0 Å². The second-order valence-corrected chi connectivity index (χ2v) is 13.2. The molecule has 5 rings (SSSR count). The fourth-order valence-electron chi connectivity index (χ4n) is 5.20. The summed E-state index contributed by atoms with van der Waals surface area (Å²) >= 11 is 0. The van der Waals surface area contributed by atoms with Gasteiger partial charge in [-0.2, -0.15) is 16.8 Å². The van der Waals surface area contributed by atoms with Crippen LogP contribution in [0.2, 0.25) is 0 Å². The molecule has 6 N–H and O–H groups in total. The second-order valence-electron chi connectivity index (χ2n) is 10.3. The van der Waals surface area contributed by atoms with Crippen molar-refractivity contribution in [1.82, 2.24) is 14.9 Å². The molecule has 1 fully saturated rings. The summed E-state index contributed by atoms with van der Waals surface area (Å²) in [6.07, 6.45) is 5.79. The molecule has 244 valence electrons. The average Bonchev–Trinajstić information content (AvgIpc) is 2.98. The van der Waals surface area contributed by atoms with Gasteiger partial charge in [0.1, 0.15) is 0 Å². The number of anilines is 2. The maximum atomic E-state index is 9.19. The molecule has 0 bridgehead atoms. The summed E-state index contributed by atoms with van der Waals surface area (Å²) in [5.74, 6) is 1.31. The molecule has 45 heavy (non-hydrogen) atoms. The smallest absolute Gasteiger partial charge is 0.261 e. The lowest BCUT2D eigenvalue weighted by molar-refractivity contribution is 0.242. The van der Waals surface area contributed by atoms with E-state index in [1.807, 2.05) is 0 Å². The molecular weight excluding hydrogens is 619 g/mol. The van der Waals surface area contributed by atoms with Gasteiger partial charge in [0, 0.05) is 44.0 Å². The van der Waals surface area contributed by atoms with Gasteiger partial charge in [-0.05, 0) is 29.7 Å². The summed E-state index contributed by atoms with van der Waals surface area (Å²) in [5, 5.41) is 0. The van der Waals surface area contributed by atoms with Gasteiger partial charge >= 0.3 is 0 Å². The van der Waals surface area contributed by atoms with Gasteiger partial charge in [-0.3, -0.25) is 14.0 Å². The Balaban J connectivity index is 0.000000560. The van der Waals surface area contributed by atoms with Crippen LogP contribution in [0.4, 0.5) is 11.6 Å². The molecule has 0 atom stereocenters. The zero-order valence-electron chi connectivity index (χ0n) is 25.3. The van der Waals surface area contributed by atoms with E-state index in [1.165, 1.54) is 16.7 Å². The Hall–Kier alpha value is -3.92. The third kappa shape index (κ3) is 12.2. The number of aromatic nitrogens is 2. The molecule has 0 aliphatic carbocycles. The summed E-state index contributed by atoms with van der Waals surface area (Å²) in [7, 11) is -7.33. The maximum Gasteiger partial charge on any atom is 0.261 e. The van der Waals surface area contributed by atoms with Crippen LogP contribution in [0.3, 0.4) is 0 Å². The van der Waals surface area contributed by atoms with Crippen molar-refractivity contribution in [2.75, 3.05) is 55.9 Å². The van der Waals surface area contributed by atoms with E-state index >= 15 is 0 Å². The molecule has 2 heterocycles. The molecule has 3 aromatic carbocycles. The first-order valence-corrected chi connectivity index (χ1v) is 17.5. The van der Waals surface area contributed by atoms with E-state index in [2.05, 4.69) is 111 Å². The van der Waals surface area contributed by atoms with E-state index in [4.69, 9.17) is 14.8 Å². The normalized spacial score (nSPS) is 13.7. The Bertz CT molecular complexity index is 1510. The third-order valence-electron chi connectivity index (χ3n) is 6.98. The topological polar surface area (TPSA) is 199 Å². The van der Waals surface area contributed by atoms with Crippen LogP contribution < -0.4 is 10.6 Å². The Kier molecular flexibility index (Phi) is 14.0. The minimum absolute atomic E-state index is 0. The van der Waals surface area contributed by atoms with Crippen molar-refractivity contribution in [3.05, 3.63) is 120 Å². The lowest BCUT2D eigenvalue weighted by Crippen LogP contribution is -2.48. The molecule has 0 saturated carbocycles. The molecule has 1 aliphatic heterocycles. The van der Waals surface area contributed by atoms with Crippen molar-refractivity contribution in [2.45, 2.75) is 11.8 Å². The predicted molar refractivity (Wildman–Crippen MR) is 177 cm³/mol. The predicted octanol–water partition coefficient (Wildman–Crippen LogP) is 2.79. The Labute approximate surface area is 265 Å². The van der Waals surface area contributed by atoms with E-state index in [9.17, 15) is 16.8 Å². The van der Waals surface area contributed by atoms with Crippen molar-refractivity contribution in [3.8, 4) is 0 Å². The second kappa shape index (κ2) is 17.0. The van der Waals surface area contributed by atoms with Crippen LogP contribution in [0.1, 0.15) is 23.1 Å². The number of piperazine rings is 1. The van der Waals surface area contributed by atoms with Crippen molar-refractivity contribution in [1.29, 1.82) is 0 Å². The van der Waals surface area contributed by atoms with Crippen LogP contribution in [0.25, 0.3) is 0 Å². The fraction of sp³-hybridized carbons (Fsp3) is 0.290. The largest absolute Gasteiger partial charge is 0.412 e.